The molecule has 1 rings (SSSR count). The van der Waals surface area contributed by atoms with Gasteiger partial charge in [-0.1, -0.05) is 53.4 Å². The molecule has 1 heterocycles. The molecule has 264 valence electrons. The van der Waals surface area contributed by atoms with E-state index in [1.807, 2.05) is 0 Å². The average Bonchev–Trinajstić information content (AvgIpc) is 2.86. The highest BCUT2D eigenvalue weighted by Crippen LogP contribution is 2.45. The standard InChI is InChI=1S/C32H72O8Si4/c1-17-21-41(29(13)33-25(5)6)37-42(22-18-2,30(14)34-26(7)8)39-44(24-20-4,32(16)36-28(11)12)40-43(38-41,23-19-3)31(15)35-27(9)10/h25-32H,17-24H2,1-16H3. The first-order chi connectivity index (χ1) is 20.4. The van der Waals surface area contributed by atoms with E-state index in [4.69, 9.17) is 35.4 Å². The highest BCUT2D eigenvalue weighted by molar-refractivity contribution is 6.96. The molecule has 8 nitrogen and oxygen atoms in total. The third-order valence-electron chi connectivity index (χ3n) is 8.16. The van der Waals surface area contributed by atoms with Crippen molar-refractivity contribution in [3.63, 3.8) is 0 Å². The van der Waals surface area contributed by atoms with E-state index in [9.17, 15) is 0 Å². The van der Waals surface area contributed by atoms with Gasteiger partial charge in [0.2, 0.25) is 0 Å². The van der Waals surface area contributed by atoms with Crippen molar-refractivity contribution in [1.82, 2.24) is 0 Å². The average molecular weight is 697 g/mol. The minimum absolute atomic E-state index is 0.0249. The Morgan fingerprint density at radius 1 is 0.341 bits per heavy atom. The van der Waals surface area contributed by atoms with Crippen LogP contribution in [-0.2, 0) is 35.4 Å². The van der Waals surface area contributed by atoms with Gasteiger partial charge in [-0.05, 0) is 107 Å². The third-order valence-corrected chi connectivity index (χ3v) is 29.5. The summed E-state index contributed by atoms with van der Waals surface area (Å²) in [6, 6.07) is 3.14. The van der Waals surface area contributed by atoms with E-state index in [1.54, 1.807) is 0 Å². The van der Waals surface area contributed by atoms with Crippen molar-refractivity contribution in [2.45, 2.75) is 208 Å². The molecule has 0 aromatic carbocycles. The lowest BCUT2D eigenvalue weighted by molar-refractivity contribution is -0.00615. The van der Waals surface area contributed by atoms with Crippen LogP contribution in [0, 0.1) is 0 Å². The maximum Gasteiger partial charge on any atom is 0.350 e. The summed E-state index contributed by atoms with van der Waals surface area (Å²) in [5.74, 6) is 0. The number of ether oxygens (including phenoxy) is 4. The Bertz CT molecular complexity index is 664. The molecule has 12 heteroatoms. The summed E-state index contributed by atoms with van der Waals surface area (Å²) in [6.07, 6.45) is 3.74. The van der Waals surface area contributed by atoms with Crippen molar-refractivity contribution in [1.29, 1.82) is 0 Å². The Morgan fingerprint density at radius 3 is 0.614 bits per heavy atom. The van der Waals surface area contributed by atoms with E-state index in [0.717, 1.165) is 49.9 Å². The molecule has 4 atom stereocenters. The summed E-state index contributed by atoms with van der Waals surface area (Å²) in [4.78, 5) is 0. The van der Waals surface area contributed by atoms with E-state index >= 15 is 0 Å². The van der Waals surface area contributed by atoms with Crippen molar-refractivity contribution < 1.29 is 35.4 Å². The molecule has 0 N–H and O–H groups in total. The quantitative estimate of drug-likeness (QED) is 0.117. The van der Waals surface area contributed by atoms with Crippen LogP contribution in [0.3, 0.4) is 0 Å². The Kier molecular flexibility index (Phi) is 18.3. The van der Waals surface area contributed by atoms with Gasteiger partial charge in [0.15, 0.2) is 0 Å². The van der Waals surface area contributed by atoms with Crippen LogP contribution >= 0.6 is 0 Å². The number of hydrogen-bond donors (Lipinski definition) is 0. The molecule has 1 aliphatic rings. The number of hydrogen-bond acceptors (Lipinski definition) is 8. The van der Waals surface area contributed by atoms with Gasteiger partial charge in [0.25, 0.3) is 0 Å². The van der Waals surface area contributed by atoms with E-state index in [0.29, 0.717) is 0 Å². The second kappa shape index (κ2) is 18.9. The lowest BCUT2D eigenvalue weighted by Gasteiger charge is -2.57. The van der Waals surface area contributed by atoms with Gasteiger partial charge >= 0.3 is 34.2 Å². The fraction of sp³-hybridized carbons (Fsp3) is 1.00. The maximum atomic E-state index is 7.85. The zero-order valence-electron chi connectivity index (χ0n) is 31.5. The minimum Gasteiger partial charge on any atom is -0.412 e. The van der Waals surface area contributed by atoms with Crippen molar-refractivity contribution in [3.8, 4) is 0 Å². The molecule has 0 aromatic heterocycles. The van der Waals surface area contributed by atoms with Crippen LogP contribution in [0.4, 0.5) is 0 Å². The lowest BCUT2D eigenvalue weighted by Crippen LogP contribution is -2.79. The largest absolute Gasteiger partial charge is 0.412 e. The fourth-order valence-electron chi connectivity index (χ4n) is 6.58. The van der Waals surface area contributed by atoms with Gasteiger partial charge in [0.1, 0.15) is 0 Å². The highest BCUT2D eigenvalue weighted by atomic mass is 28.5. The molecule has 0 spiro atoms. The zero-order chi connectivity index (χ0) is 33.9. The molecule has 4 unspecified atom stereocenters. The van der Waals surface area contributed by atoms with E-state index in [2.05, 4.69) is 111 Å². The van der Waals surface area contributed by atoms with Crippen molar-refractivity contribution in [3.05, 3.63) is 0 Å². The number of rotatable bonds is 20. The summed E-state index contributed by atoms with van der Waals surface area (Å²) in [5.41, 5.74) is -0.929. The third kappa shape index (κ3) is 11.3. The summed E-state index contributed by atoms with van der Waals surface area (Å²) in [6.45, 7) is 34.2. The van der Waals surface area contributed by atoms with Crippen molar-refractivity contribution in [2.75, 3.05) is 0 Å². The van der Waals surface area contributed by atoms with Crippen LogP contribution in [-0.4, -0.2) is 81.6 Å². The predicted octanol–water partition coefficient (Wildman–Crippen LogP) is 8.89. The van der Waals surface area contributed by atoms with E-state index in [1.165, 1.54) is 0 Å². The molecule has 0 aromatic rings. The smallest absolute Gasteiger partial charge is 0.350 e. The second-order valence-corrected chi connectivity index (χ2v) is 29.0. The molecule has 1 fully saturated rings. The van der Waals surface area contributed by atoms with Gasteiger partial charge in [-0.3, -0.25) is 0 Å². The molecule has 1 aliphatic heterocycles. The molecule has 44 heavy (non-hydrogen) atoms. The van der Waals surface area contributed by atoms with Crippen LogP contribution in [0.15, 0.2) is 0 Å². The Hall–Kier alpha value is 0.548. The van der Waals surface area contributed by atoms with E-state index in [-0.39, 0.29) is 47.3 Å². The van der Waals surface area contributed by atoms with Crippen LogP contribution in [0.1, 0.15) is 136 Å². The SMILES string of the molecule is CCC[Si]1(C(C)OC(C)C)O[Si](CCC)(C(C)OC(C)C)O[Si](CCC)(C(C)OC(C)C)O[Si](CCC)(C(C)OC(C)C)O1. The first kappa shape index (κ1) is 42.6. The molecular weight excluding hydrogens is 625 g/mol. The first-order valence-corrected chi connectivity index (χ1v) is 26.2. The highest BCUT2D eigenvalue weighted by Gasteiger charge is 2.68. The second-order valence-electron chi connectivity index (χ2n) is 14.0. The topological polar surface area (TPSA) is 73.8 Å². The first-order valence-electron chi connectivity index (χ1n) is 17.8. The monoisotopic (exact) mass is 696 g/mol. The summed E-state index contributed by atoms with van der Waals surface area (Å²) < 4.78 is 58.0. The molecule has 0 saturated carbocycles. The zero-order valence-corrected chi connectivity index (χ0v) is 35.5. The minimum atomic E-state index is -3.18. The van der Waals surface area contributed by atoms with Gasteiger partial charge in [0, 0.05) is 0 Å². The molecule has 0 radical (unpaired) electrons. The van der Waals surface area contributed by atoms with Gasteiger partial charge < -0.3 is 35.4 Å². The Balaban J connectivity index is 4.31. The van der Waals surface area contributed by atoms with E-state index < -0.39 is 34.2 Å². The van der Waals surface area contributed by atoms with Crippen molar-refractivity contribution >= 4 is 34.2 Å². The summed E-state index contributed by atoms with van der Waals surface area (Å²) >= 11 is 0. The molecular formula is C32H72O8Si4. The van der Waals surface area contributed by atoms with Crippen LogP contribution in [0.25, 0.3) is 0 Å². The molecule has 0 aliphatic carbocycles. The van der Waals surface area contributed by atoms with Gasteiger partial charge in [-0.15, -0.1) is 0 Å². The molecule has 0 amide bonds. The molecule has 0 bridgehead atoms. The van der Waals surface area contributed by atoms with Crippen LogP contribution < -0.4 is 0 Å². The van der Waals surface area contributed by atoms with Crippen LogP contribution in [0.2, 0.25) is 24.2 Å². The Labute approximate surface area is 276 Å². The normalized spacial score (nSPS) is 31.4. The predicted molar refractivity (Wildman–Crippen MR) is 190 cm³/mol. The lowest BCUT2D eigenvalue weighted by atomic mass is 10.5. The van der Waals surface area contributed by atoms with Gasteiger partial charge in [-0.2, -0.15) is 0 Å². The van der Waals surface area contributed by atoms with Gasteiger partial charge in [-0.25, -0.2) is 0 Å². The maximum absolute atomic E-state index is 7.85. The summed E-state index contributed by atoms with van der Waals surface area (Å²) in [5, 5.41) is 0. The van der Waals surface area contributed by atoms with Gasteiger partial charge in [0.05, 0.1) is 47.3 Å². The summed E-state index contributed by atoms with van der Waals surface area (Å²) in [7, 11) is -12.7. The molecule has 1 saturated heterocycles. The van der Waals surface area contributed by atoms with Crippen molar-refractivity contribution in [2.24, 2.45) is 0 Å². The Morgan fingerprint density at radius 2 is 0.500 bits per heavy atom. The van der Waals surface area contributed by atoms with Crippen LogP contribution in [0.5, 0.6) is 0 Å². The fourth-order valence-corrected chi connectivity index (χ4v) is 33.0.